The highest BCUT2D eigenvalue weighted by Gasteiger charge is 2.46. The SMILES string of the molecule is O=C(O)[C@H](Cc1ccccc1)NC(=O)C1(c2ccc(F)cc2)CCN(S(=O)(=O)c2ccccc2)CC1. The molecular formula is C27H27FN2O5S. The lowest BCUT2D eigenvalue weighted by atomic mass is 9.72. The molecule has 0 unspecified atom stereocenters. The van der Waals surface area contributed by atoms with Gasteiger partial charge in [-0.1, -0.05) is 60.7 Å². The van der Waals surface area contributed by atoms with Gasteiger partial charge >= 0.3 is 5.97 Å². The Labute approximate surface area is 209 Å². The van der Waals surface area contributed by atoms with Gasteiger partial charge in [0.15, 0.2) is 0 Å². The van der Waals surface area contributed by atoms with Gasteiger partial charge in [0.25, 0.3) is 0 Å². The predicted octanol–water partition coefficient (Wildman–Crippen LogP) is 3.36. The molecule has 1 aliphatic heterocycles. The molecule has 9 heteroatoms. The van der Waals surface area contributed by atoms with E-state index in [4.69, 9.17) is 0 Å². The van der Waals surface area contributed by atoms with Crippen molar-refractivity contribution in [3.63, 3.8) is 0 Å². The van der Waals surface area contributed by atoms with Crippen LogP contribution in [0.4, 0.5) is 4.39 Å². The molecule has 1 atom stereocenters. The van der Waals surface area contributed by atoms with E-state index in [1.54, 1.807) is 42.5 Å². The fourth-order valence-corrected chi connectivity index (χ4v) is 6.07. The van der Waals surface area contributed by atoms with E-state index in [-0.39, 0.29) is 37.2 Å². The van der Waals surface area contributed by atoms with E-state index in [9.17, 15) is 27.5 Å². The van der Waals surface area contributed by atoms with Crippen LogP contribution in [0.15, 0.2) is 89.8 Å². The van der Waals surface area contributed by atoms with Crippen LogP contribution in [0, 0.1) is 5.82 Å². The van der Waals surface area contributed by atoms with Crippen LogP contribution in [0.2, 0.25) is 0 Å². The average molecular weight is 511 g/mol. The van der Waals surface area contributed by atoms with Crippen molar-refractivity contribution in [1.29, 1.82) is 0 Å². The van der Waals surface area contributed by atoms with Crippen molar-refractivity contribution >= 4 is 21.9 Å². The highest BCUT2D eigenvalue weighted by molar-refractivity contribution is 7.89. The molecule has 0 aromatic heterocycles. The van der Waals surface area contributed by atoms with Crippen LogP contribution < -0.4 is 5.32 Å². The summed E-state index contributed by atoms with van der Waals surface area (Å²) < 4.78 is 41.2. The minimum absolute atomic E-state index is 0.0540. The second-order valence-electron chi connectivity index (χ2n) is 8.86. The molecule has 0 spiro atoms. The molecule has 2 N–H and O–H groups in total. The Morgan fingerprint density at radius 3 is 2.03 bits per heavy atom. The fraction of sp³-hybridized carbons (Fsp3) is 0.259. The molecule has 36 heavy (non-hydrogen) atoms. The third kappa shape index (κ3) is 5.32. The maximum atomic E-state index is 13.7. The van der Waals surface area contributed by atoms with Gasteiger partial charge in [-0.3, -0.25) is 4.79 Å². The topological polar surface area (TPSA) is 104 Å². The van der Waals surface area contributed by atoms with Crippen LogP contribution >= 0.6 is 0 Å². The zero-order valence-corrected chi connectivity index (χ0v) is 20.3. The maximum Gasteiger partial charge on any atom is 0.326 e. The monoisotopic (exact) mass is 510 g/mol. The molecule has 7 nitrogen and oxygen atoms in total. The Morgan fingerprint density at radius 2 is 1.47 bits per heavy atom. The van der Waals surface area contributed by atoms with E-state index in [1.807, 2.05) is 6.07 Å². The summed E-state index contributed by atoms with van der Waals surface area (Å²) in [5.41, 5.74) is 0.0627. The second-order valence-corrected chi connectivity index (χ2v) is 10.8. The fourth-order valence-electron chi connectivity index (χ4n) is 4.61. The van der Waals surface area contributed by atoms with Crippen molar-refractivity contribution in [3.05, 3.63) is 102 Å². The van der Waals surface area contributed by atoms with Crippen molar-refractivity contribution in [1.82, 2.24) is 9.62 Å². The summed E-state index contributed by atoms with van der Waals surface area (Å²) in [5, 5.41) is 12.5. The molecular weight excluding hydrogens is 483 g/mol. The normalized spacial score (nSPS) is 16.7. The van der Waals surface area contributed by atoms with Gasteiger partial charge < -0.3 is 10.4 Å². The third-order valence-electron chi connectivity index (χ3n) is 6.67. The van der Waals surface area contributed by atoms with Crippen LogP contribution in [0.25, 0.3) is 0 Å². The molecule has 3 aromatic rings. The number of aliphatic carboxylic acids is 1. The van der Waals surface area contributed by atoms with Gasteiger partial charge in [-0.05, 0) is 48.2 Å². The number of carbonyl (C=O) groups is 2. The number of benzene rings is 3. The van der Waals surface area contributed by atoms with E-state index in [0.717, 1.165) is 5.56 Å². The first-order valence-corrected chi connectivity index (χ1v) is 13.1. The van der Waals surface area contributed by atoms with Crippen molar-refractivity contribution in [3.8, 4) is 0 Å². The van der Waals surface area contributed by atoms with Gasteiger partial charge in [0.05, 0.1) is 10.3 Å². The first-order chi connectivity index (χ1) is 17.2. The Kier molecular flexibility index (Phi) is 7.51. The number of carboxylic acid groups (broad SMARTS) is 1. The van der Waals surface area contributed by atoms with Gasteiger partial charge in [0.2, 0.25) is 15.9 Å². The van der Waals surface area contributed by atoms with E-state index in [0.29, 0.717) is 5.56 Å². The maximum absolute atomic E-state index is 13.7. The Morgan fingerprint density at radius 1 is 0.917 bits per heavy atom. The lowest BCUT2D eigenvalue weighted by Crippen LogP contribution is -2.56. The molecule has 1 fully saturated rings. The highest BCUT2D eigenvalue weighted by atomic mass is 32.2. The minimum atomic E-state index is -3.76. The number of carbonyl (C=O) groups excluding carboxylic acids is 1. The van der Waals surface area contributed by atoms with Crippen LogP contribution in [-0.4, -0.2) is 48.8 Å². The summed E-state index contributed by atoms with van der Waals surface area (Å²) in [6.07, 6.45) is 0.332. The van der Waals surface area contributed by atoms with Crippen LogP contribution in [0.5, 0.6) is 0 Å². The molecule has 188 valence electrons. The Balaban J connectivity index is 1.60. The number of amides is 1. The number of nitrogens with one attached hydrogen (secondary N) is 1. The molecule has 1 heterocycles. The summed E-state index contributed by atoms with van der Waals surface area (Å²) in [4.78, 5) is 25.9. The summed E-state index contributed by atoms with van der Waals surface area (Å²) in [6.45, 7) is 0.108. The number of rotatable bonds is 8. The summed E-state index contributed by atoms with van der Waals surface area (Å²) in [6, 6.07) is 21.3. The lowest BCUT2D eigenvalue weighted by molar-refractivity contribution is -0.143. The summed E-state index contributed by atoms with van der Waals surface area (Å²) in [7, 11) is -3.76. The largest absolute Gasteiger partial charge is 0.480 e. The molecule has 1 amide bonds. The van der Waals surface area contributed by atoms with Crippen LogP contribution in [0.1, 0.15) is 24.0 Å². The molecule has 3 aromatic carbocycles. The molecule has 0 saturated carbocycles. The molecule has 0 radical (unpaired) electrons. The zero-order valence-electron chi connectivity index (χ0n) is 19.5. The number of hydrogen-bond donors (Lipinski definition) is 2. The molecule has 0 bridgehead atoms. The highest BCUT2D eigenvalue weighted by Crippen LogP contribution is 2.38. The quantitative estimate of drug-likeness (QED) is 0.484. The van der Waals surface area contributed by atoms with Crippen molar-refractivity contribution in [2.45, 2.75) is 35.6 Å². The summed E-state index contributed by atoms with van der Waals surface area (Å²) in [5.74, 6) is -2.16. The number of halogens is 1. The molecule has 1 saturated heterocycles. The van der Waals surface area contributed by atoms with Crippen molar-refractivity contribution < 1.29 is 27.5 Å². The standard InChI is InChI=1S/C27H27FN2O5S/c28-22-13-11-21(12-14-22)27(26(33)29-24(25(31)32)19-20-7-3-1-4-8-20)15-17-30(18-16-27)36(34,35)23-9-5-2-6-10-23/h1-14,24H,15-19H2,(H,29,33)(H,31,32)/t24-/m0/s1. The van der Waals surface area contributed by atoms with E-state index >= 15 is 0 Å². The van der Waals surface area contributed by atoms with Gasteiger partial charge in [0.1, 0.15) is 11.9 Å². The first-order valence-electron chi connectivity index (χ1n) is 11.6. The van der Waals surface area contributed by atoms with Gasteiger partial charge in [-0.2, -0.15) is 4.31 Å². The third-order valence-corrected chi connectivity index (χ3v) is 8.59. The van der Waals surface area contributed by atoms with Gasteiger partial charge in [-0.15, -0.1) is 0 Å². The first kappa shape index (κ1) is 25.5. The number of carboxylic acids is 1. The predicted molar refractivity (Wildman–Crippen MR) is 132 cm³/mol. The Hall–Kier alpha value is -3.56. The number of hydrogen-bond acceptors (Lipinski definition) is 4. The van der Waals surface area contributed by atoms with Gasteiger partial charge in [-0.25, -0.2) is 17.6 Å². The smallest absolute Gasteiger partial charge is 0.326 e. The van der Waals surface area contributed by atoms with E-state index in [1.165, 1.54) is 40.7 Å². The molecule has 1 aliphatic rings. The molecule has 0 aliphatic carbocycles. The van der Waals surface area contributed by atoms with Gasteiger partial charge in [0, 0.05) is 19.5 Å². The van der Waals surface area contributed by atoms with Crippen molar-refractivity contribution in [2.75, 3.05) is 13.1 Å². The lowest BCUT2D eigenvalue weighted by Gasteiger charge is -2.41. The van der Waals surface area contributed by atoms with E-state index in [2.05, 4.69) is 5.32 Å². The molecule has 4 rings (SSSR count). The number of piperidine rings is 1. The Bertz CT molecular complexity index is 1310. The van der Waals surface area contributed by atoms with Crippen LogP contribution in [-0.2, 0) is 31.4 Å². The second kappa shape index (κ2) is 10.6. The van der Waals surface area contributed by atoms with Crippen molar-refractivity contribution in [2.24, 2.45) is 0 Å². The number of nitrogens with zero attached hydrogens (tertiary/aromatic N) is 1. The zero-order chi connectivity index (χ0) is 25.8. The minimum Gasteiger partial charge on any atom is -0.480 e. The van der Waals surface area contributed by atoms with E-state index < -0.39 is 39.2 Å². The number of sulfonamides is 1. The van der Waals surface area contributed by atoms with Crippen LogP contribution in [0.3, 0.4) is 0 Å². The summed E-state index contributed by atoms with van der Waals surface area (Å²) >= 11 is 0. The average Bonchev–Trinajstić information content (AvgIpc) is 2.89.